The van der Waals surface area contributed by atoms with Gasteiger partial charge in [-0.3, -0.25) is 9.59 Å². The van der Waals surface area contributed by atoms with Gasteiger partial charge in [0.05, 0.1) is 12.8 Å². The number of hydrogen-bond donors (Lipinski definition) is 1. The summed E-state index contributed by atoms with van der Waals surface area (Å²) in [5, 5.41) is 8.69. The molecule has 0 radical (unpaired) electrons. The molecule has 2 rings (SSSR count). The maximum absolute atomic E-state index is 12.0. The quantitative estimate of drug-likeness (QED) is 0.572. The SMILES string of the molecule is CCC(CC)(OC(=O)CCC(=O)O)c1ccc(S2(C)CC2)s1. The molecule has 1 aromatic heterocycles. The number of carbonyl (C=O) groups is 2. The van der Waals surface area contributed by atoms with Crippen LogP contribution in [0.15, 0.2) is 16.3 Å². The molecule has 0 aromatic carbocycles. The van der Waals surface area contributed by atoms with E-state index in [0.717, 1.165) is 4.88 Å². The summed E-state index contributed by atoms with van der Waals surface area (Å²) in [5.41, 5.74) is -0.608. The third-order valence-electron chi connectivity index (χ3n) is 4.33. The predicted molar refractivity (Wildman–Crippen MR) is 91.1 cm³/mol. The number of hydrogen-bond acceptors (Lipinski definition) is 4. The third-order valence-corrected chi connectivity index (χ3v) is 9.59. The van der Waals surface area contributed by atoms with Crippen molar-refractivity contribution in [1.82, 2.24) is 0 Å². The maximum atomic E-state index is 12.0. The van der Waals surface area contributed by atoms with E-state index in [2.05, 4.69) is 18.4 Å². The van der Waals surface area contributed by atoms with Gasteiger partial charge in [0, 0.05) is 9.09 Å². The molecule has 4 nitrogen and oxygen atoms in total. The average molecular weight is 344 g/mol. The lowest BCUT2D eigenvalue weighted by Crippen LogP contribution is -2.30. The molecule has 1 aromatic rings. The van der Waals surface area contributed by atoms with Crippen LogP contribution >= 0.6 is 21.4 Å². The molecule has 0 aliphatic carbocycles. The molecule has 1 N–H and O–H groups in total. The second-order valence-corrected chi connectivity index (χ2v) is 11.0. The minimum absolute atomic E-state index is 0.0711. The van der Waals surface area contributed by atoms with Crippen LogP contribution < -0.4 is 0 Å². The number of thiophene rings is 1. The Labute approximate surface area is 137 Å². The number of carboxylic acids is 1. The molecule has 1 fully saturated rings. The molecule has 0 spiro atoms. The van der Waals surface area contributed by atoms with Gasteiger partial charge < -0.3 is 9.84 Å². The van der Waals surface area contributed by atoms with Gasteiger partial charge in [-0.15, -0.1) is 11.3 Å². The van der Waals surface area contributed by atoms with E-state index in [4.69, 9.17) is 9.84 Å². The highest BCUT2D eigenvalue weighted by Gasteiger charge is 2.39. The minimum atomic E-state index is -0.973. The number of rotatable bonds is 8. The predicted octanol–water partition coefficient (Wildman–Crippen LogP) is 3.98. The van der Waals surface area contributed by atoms with E-state index in [-0.39, 0.29) is 12.8 Å². The summed E-state index contributed by atoms with van der Waals surface area (Å²) < 4.78 is 7.18. The van der Waals surface area contributed by atoms with Crippen LogP contribution in [-0.2, 0) is 19.9 Å². The zero-order chi connectivity index (χ0) is 16.4. The van der Waals surface area contributed by atoms with Crippen molar-refractivity contribution >= 4 is 33.3 Å². The van der Waals surface area contributed by atoms with Gasteiger partial charge in [0.1, 0.15) is 5.60 Å². The van der Waals surface area contributed by atoms with E-state index in [9.17, 15) is 9.59 Å². The Kier molecular flexibility index (Phi) is 5.22. The van der Waals surface area contributed by atoms with Gasteiger partial charge in [-0.25, -0.2) is 10.0 Å². The lowest BCUT2D eigenvalue weighted by Gasteiger charge is -2.30. The van der Waals surface area contributed by atoms with Gasteiger partial charge in [0.25, 0.3) is 0 Å². The maximum Gasteiger partial charge on any atom is 0.307 e. The summed E-state index contributed by atoms with van der Waals surface area (Å²) in [5.74, 6) is 1.21. The number of carbonyl (C=O) groups excluding carboxylic acids is 1. The second kappa shape index (κ2) is 6.62. The van der Waals surface area contributed by atoms with Crippen molar-refractivity contribution in [2.75, 3.05) is 17.8 Å². The van der Waals surface area contributed by atoms with Gasteiger partial charge in [-0.1, -0.05) is 13.8 Å². The molecule has 0 amide bonds. The first-order valence-electron chi connectivity index (χ1n) is 7.63. The van der Waals surface area contributed by atoms with Gasteiger partial charge in [-0.2, -0.15) is 0 Å². The Hall–Kier alpha value is -1.01. The highest BCUT2D eigenvalue weighted by molar-refractivity contribution is 8.39. The van der Waals surface area contributed by atoms with Crippen molar-refractivity contribution in [3.05, 3.63) is 17.0 Å². The first-order valence-corrected chi connectivity index (χ1v) is 10.8. The van der Waals surface area contributed by atoms with E-state index in [1.165, 1.54) is 15.7 Å². The van der Waals surface area contributed by atoms with Crippen molar-refractivity contribution in [2.24, 2.45) is 0 Å². The molecular formula is C16H24O4S2. The standard InChI is InChI=1S/C16H24O4S2/c1-4-16(5-2,20-14(19)8-7-13(17)18)12-6-9-15(21-12)22(3)10-11-22/h6,9H,4-5,7-8,10-11H2,1-3H3,(H,17,18). The first-order chi connectivity index (χ1) is 10.3. The smallest absolute Gasteiger partial charge is 0.307 e. The van der Waals surface area contributed by atoms with Crippen molar-refractivity contribution in [3.8, 4) is 0 Å². The number of esters is 1. The molecule has 0 bridgehead atoms. The lowest BCUT2D eigenvalue weighted by molar-refractivity contribution is -0.163. The van der Waals surface area contributed by atoms with Gasteiger partial charge in [0.2, 0.25) is 0 Å². The van der Waals surface area contributed by atoms with Gasteiger partial charge in [0.15, 0.2) is 0 Å². The van der Waals surface area contributed by atoms with Crippen molar-refractivity contribution in [3.63, 3.8) is 0 Å². The van der Waals surface area contributed by atoms with Crippen LogP contribution in [0.5, 0.6) is 0 Å². The summed E-state index contributed by atoms with van der Waals surface area (Å²) in [6.45, 7) is 4.03. The Morgan fingerprint density at radius 2 is 1.91 bits per heavy atom. The molecular weight excluding hydrogens is 320 g/mol. The minimum Gasteiger partial charge on any atom is -0.481 e. The largest absolute Gasteiger partial charge is 0.481 e. The highest BCUT2D eigenvalue weighted by Crippen LogP contribution is 2.67. The van der Waals surface area contributed by atoms with E-state index < -0.39 is 27.6 Å². The fraction of sp³-hybridized carbons (Fsp3) is 0.625. The summed E-state index contributed by atoms with van der Waals surface area (Å²) in [4.78, 5) is 23.7. The van der Waals surface area contributed by atoms with Crippen LogP contribution in [0, 0.1) is 0 Å². The molecule has 0 unspecified atom stereocenters. The van der Waals surface area contributed by atoms with Crippen LogP contribution in [0.4, 0.5) is 0 Å². The fourth-order valence-corrected chi connectivity index (χ4v) is 6.81. The normalized spacial score (nSPS) is 17.8. The molecule has 1 aliphatic rings. The van der Waals surface area contributed by atoms with Crippen LogP contribution in [0.25, 0.3) is 0 Å². The van der Waals surface area contributed by atoms with Crippen LogP contribution in [0.2, 0.25) is 0 Å². The summed E-state index contributed by atoms with van der Waals surface area (Å²) in [7, 11) is -0.558. The van der Waals surface area contributed by atoms with E-state index in [0.29, 0.717) is 12.8 Å². The van der Waals surface area contributed by atoms with Crippen LogP contribution in [0.3, 0.4) is 0 Å². The average Bonchev–Trinajstić information content (AvgIpc) is 3.04. The number of ether oxygens (including phenoxy) is 1. The molecule has 124 valence electrons. The Balaban J connectivity index is 2.14. The Morgan fingerprint density at radius 3 is 2.41 bits per heavy atom. The fourth-order valence-electron chi connectivity index (χ4n) is 2.43. The van der Waals surface area contributed by atoms with Crippen LogP contribution in [0.1, 0.15) is 44.4 Å². The van der Waals surface area contributed by atoms with Crippen LogP contribution in [-0.4, -0.2) is 34.8 Å². The Morgan fingerprint density at radius 1 is 1.27 bits per heavy atom. The third kappa shape index (κ3) is 3.66. The lowest BCUT2D eigenvalue weighted by atomic mass is 9.95. The molecule has 0 atom stereocenters. The van der Waals surface area contributed by atoms with Crippen molar-refractivity contribution in [2.45, 2.75) is 49.3 Å². The Bertz CT molecular complexity index is 556. The number of aliphatic carboxylic acids is 1. The summed E-state index contributed by atoms with van der Waals surface area (Å²) in [6.07, 6.45) is 3.50. The number of carboxylic acid groups (broad SMARTS) is 1. The highest BCUT2D eigenvalue weighted by atomic mass is 32.3. The molecule has 6 heteroatoms. The monoisotopic (exact) mass is 344 g/mol. The van der Waals surface area contributed by atoms with Gasteiger partial charge >= 0.3 is 11.9 Å². The van der Waals surface area contributed by atoms with E-state index in [1.54, 1.807) is 11.3 Å². The second-order valence-electron chi connectivity index (χ2n) is 5.87. The van der Waals surface area contributed by atoms with Gasteiger partial charge in [-0.05, 0) is 42.7 Å². The molecule has 22 heavy (non-hydrogen) atoms. The first kappa shape index (κ1) is 17.3. The summed E-state index contributed by atoms with van der Waals surface area (Å²) >= 11 is 1.77. The zero-order valence-electron chi connectivity index (χ0n) is 13.4. The molecule has 1 aliphatic heterocycles. The van der Waals surface area contributed by atoms with Crippen molar-refractivity contribution < 1.29 is 19.4 Å². The van der Waals surface area contributed by atoms with Crippen molar-refractivity contribution in [1.29, 1.82) is 0 Å². The zero-order valence-corrected chi connectivity index (χ0v) is 15.0. The molecule has 2 heterocycles. The topological polar surface area (TPSA) is 63.6 Å². The molecule has 1 saturated heterocycles. The molecule has 0 saturated carbocycles. The van der Waals surface area contributed by atoms with E-state index >= 15 is 0 Å². The van der Waals surface area contributed by atoms with E-state index in [1.807, 2.05) is 13.8 Å². The summed E-state index contributed by atoms with van der Waals surface area (Å²) in [6, 6.07) is 4.28.